The highest BCUT2D eigenvalue weighted by Crippen LogP contribution is 2.35. The van der Waals surface area contributed by atoms with Crippen molar-refractivity contribution < 1.29 is 4.79 Å². The number of thiazole rings is 1. The van der Waals surface area contributed by atoms with Crippen LogP contribution in [0.25, 0.3) is 11.3 Å². The fraction of sp³-hybridized carbons (Fsp3) is 0.0667. The number of rotatable bonds is 3. The molecule has 0 aliphatic heterocycles. The Balaban J connectivity index is 1.89. The maximum absolute atomic E-state index is 12.1. The second kappa shape index (κ2) is 6.38. The van der Waals surface area contributed by atoms with Crippen molar-refractivity contribution in [2.24, 2.45) is 0 Å². The predicted molar refractivity (Wildman–Crippen MR) is 94.6 cm³/mol. The first kappa shape index (κ1) is 15.5. The van der Waals surface area contributed by atoms with Crippen LogP contribution in [-0.4, -0.2) is 10.9 Å². The summed E-state index contributed by atoms with van der Waals surface area (Å²) in [4.78, 5) is 18.2. The van der Waals surface area contributed by atoms with Crippen LogP contribution in [0.15, 0.2) is 35.7 Å². The Morgan fingerprint density at radius 2 is 2.09 bits per heavy atom. The van der Waals surface area contributed by atoms with E-state index in [0.29, 0.717) is 20.1 Å². The lowest BCUT2D eigenvalue weighted by atomic mass is 10.1. The van der Waals surface area contributed by atoms with Crippen LogP contribution in [0.2, 0.25) is 10.0 Å². The Morgan fingerprint density at radius 3 is 2.77 bits per heavy atom. The minimum absolute atomic E-state index is 0.155. The van der Waals surface area contributed by atoms with E-state index in [2.05, 4.69) is 10.3 Å². The zero-order chi connectivity index (χ0) is 15.7. The van der Waals surface area contributed by atoms with E-state index in [4.69, 9.17) is 23.2 Å². The lowest BCUT2D eigenvalue weighted by Gasteiger charge is -2.02. The molecule has 3 rings (SSSR count). The van der Waals surface area contributed by atoms with Gasteiger partial charge in [-0.1, -0.05) is 29.3 Å². The van der Waals surface area contributed by atoms with E-state index in [1.807, 2.05) is 24.4 Å². The number of hydrogen-bond donors (Lipinski definition) is 1. The van der Waals surface area contributed by atoms with Crippen molar-refractivity contribution in [3.8, 4) is 11.3 Å². The number of carbonyl (C=O) groups is 1. The number of carbonyl (C=O) groups excluding carboxylic acids is 1. The fourth-order valence-corrected chi connectivity index (χ4v) is 3.89. The second-order valence-corrected chi connectivity index (χ2v) is 7.47. The molecule has 22 heavy (non-hydrogen) atoms. The van der Waals surface area contributed by atoms with Crippen molar-refractivity contribution in [1.29, 1.82) is 0 Å². The first-order valence-electron chi connectivity index (χ1n) is 6.32. The van der Waals surface area contributed by atoms with Crippen LogP contribution >= 0.6 is 45.9 Å². The average molecular weight is 369 g/mol. The molecule has 0 bridgehead atoms. The van der Waals surface area contributed by atoms with Gasteiger partial charge in [-0.15, -0.1) is 22.7 Å². The van der Waals surface area contributed by atoms with Crippen LogP contribution < -0.4 is 5.32 Å². The Morgan fingerprint density at radius 1 is 1.27 bits per heavy atom. The molecular formula is C15H10Cl2N2OS2. The van der Waals surface area contributed by atoms with Gasteiger partial charge >= 0.3 is 0 Å². The molecule has 0 fully saturated rings. The molecule has 2 aromatic heterocycles. The monoisotopic (exact) mass is 368 g/mol. The van der Waals surface area contributed by atoms with Gasteiger partial charge in [-0.05, 0) is 36.6 Å². The van der Waals surface area contributed by atoms with E-state index < -0.39 is 0 Å². The van der Waals surface area contributed by atoms with Gasteiger partial charge in [-0.3, -0.25) is 10.1 Å². The zero-order valence-corrected chi connectivity index (χ0v) is 14.5. The van der Waals surface area contributed by atoms with Crippen molar-refractivity contribution in [2.45, 2.75) is 6.92 Å². The summed E-state index contributed by atoms with van der Waals surface area (Å²) in [6.45, 7) is 1.94. The van der Waals surface area contributed by atoms with Gasteiger partial charge in [-0.25, -0.2) is 4.98 Å². The third-order valence-corrected chi connectivity index (χ3v) is 5.25. The van der Waals surface area contributed by atoms with Crippen LogP contribution in [0.5, 0.6) is 0 Å². The van der Waals surface area contributed by atoms with Gasteiger partial charge in [-0.2, -0.15) is 0 Å². The lowest BCUT2D eigenvalue weighted by Crippen LogP contribution is -2.09. The number of aromatic nitrogens is 1. The molecule has 3 nitrogen and oxygen atoms in total. The molecule has 0 atom stereocenters. The number of halogens is 2. The molecule has 0 aliphatic carbocycles. The van der Waals surface area contributed by atoms with Gasteiger partial charge < -0.3 is 0 Å². The number of aryl methyl sites for hydroxylation is 1. The normalized spacial score (nSPS) is 10.7. The number of nitrogens with one attached hydrogen (secondary N) is 1. The summed E-state index contributed by atoms with van der Waals surface area (Å²) >= 11 is 15.0. The van der Waals surface area contributed by atoms with E-state index in [1.54, 1.807) is 18.2 Å². The van der Waals surface area contributed by atoms with Crippen molar-refractivity contribution >= 4 is 56.9 Å². The number of amides is 1. The smallest absolute Gasteiger partial charge is 0.267 e. The number of anilines is 1. The summed E-state index contributed by atoms with van der Waals surface area (Å²) in [5.41, 5.74) is 1.56. The second-order valence-electron chi connectivity index (χ2n) is 4.48. The predicted octanol–water partition coefficient (Wildman–Crippen LogP) is 5.74. The molecule has 3 aromatic rings. The maximum Gasteiger partial charge on any atom is 0.267 e. The molecule has 7 heteroatoms. The summed E-state index contributed by atoms with van der Waals surface area (Å²) in [5.74, 6) is -0.155. The van der Waals surface area contributed by atoms with Crippen LogP contribution in [0, 0.1) is 6.92 Å². The third-order valence-electron chi connectivity index (χ3n) is 2.95. The molecule has 0 saturated carbocycles. The Bertz CT molecular complexity index is 828. The number of benzene rings is 1. The first-order valence-corrected chi connectivity index (χ1v) is 8.77. The summed E-state index contributed by atoms with van der Waals surface area (Å²) < 4.78 is 0. The summed E-state index contributed by atoms with van der Waals surface area (Å²) in [6.07, 6.45) is 0. The highest BCUT2D eigenvalue weighted by atomic mass is 35.5. The molecular weight excluding hydrogens is 359 g/mol. The van der Waals surface area contributed by atoms with Crippen LogP contribution in [0.1, 0.15) is 14.5 Å². The largest absolute Gasteiger partial charge is 0.297 e. The van der Waals surface area contributed by atoms with E-state index in [9.17, 15) is 4.79 Å². The number of thiophene rings is 1. The first-order chi connectivity index (χ1) is 10.5. The Hall–Kier alpha value is -1.40. The standard InChI is InChI=1S/C15H10Cl2N2OS2/c1-8-13(10-5-4-9(16)7-11(10)17)18-15(22-8)19-14(20)12-3-2-6-21-12/h2-7H,1H3,(H,18,19,20). The molecule has 0 radical (unpaired) electrons. The number of hydrogen-bond acceptors (Lipinski definition) is 4. The lowest BCUT2D eigenvalue weighted by molar-refractivity contribution is 0.103. The van der Waals surface area contributed by atoms with Crippen molar-refractivity contribution in [1.82, 2.24) is 4.98 Å². The summed E-state index contributed by atoms with van der Waals surface area (Å²) in [7, 11) is 0. The molecule has 0 aliphatic rings. The van der Waals surface area contributed by atoms with Gasteiger partial charge in [0.05, 0.1) is 15.6 Å². The zero-order valence-electron chi connectivity index (χ0n) is 11.4. The van der Waals surface area contributed by atoms with Gasteiger partial charge in [0.15, 0.2) is 5.13 Å². The van der Waals surface area contributed by atoms with E-state index >= 15 is 0 Å². The van der Waals surface area contributed by atoms with Crippen LogP contribution in [0.4, 0.5) is 5.13 Å². The molecule has 1 N–H and O–H groups in total. The average Bonchev–Trinajstić information content (AvgIpc) is 3.09. The minimum Gasteiger partial charge on any atom is -0.297 e. The minimum atomic E-state index is -0.155. The topological polar surface area (TPSA) is 42.0 Å². The summed E-state index contributed by atoms with van der Waals surface area (Å²) in [6, 6.07) is 8.90. The molecule has 1 aromatic carbocycles. The van der Waals surface area contributed by atoms with Gasteiger partial charge in [0.2, 0.25) is 0 Å². The molecule has 1 amide bonds. The van der Waals surface area contributed by atoms with Gasteiger partial charge in [0.25, 0.3) is 5.91 Å². The van der Waals surface area contributed by atoms with Gasteiger partial charge in [0, 0.05) is 15.5 Å². The molecule has 0 saturated heterocycles. The van der Waals surface area contributed by atoms with E-state index in [-0.39, 0.29) is 5.91 Å². The molecule has 0 unspecified atom stereocenters. The van der Waals surface area contributed by atoms with Crippen molar-refractivity contribution in [3.63, 3.8) is 0 Å². The summed E-state index contributed by atoms with van der Waals surface area (Å²) in [5, 5.41) is 6.35. The van der Waals surface area contributed by atoms with Crippen molar-refractivity contribution in [2.75, 3.05) is 5.32 Å². The third kappa shape index (κ3) is 3.17. The fourth-order valence-electron chi connectivity index (χ4n) is 1.95. The van der Waals surface area contributed by atoms with E-state index in [0.717, 1.165) is 16.1 Å². The van der Waals surface area contributed by atoms with Crippen LogP contribution in [-0.2, 0) is 0 Å². The van der Waals surface area contributed by atoms with Crippen molar-refractivity contribution in [3.05, 3.63) is 55.5 Å². The Labute approximate surface area is 145 Å². The molecule has 112 valence electrons. The molecule has 0 spiro atoms. The van der Waals surface area contributed by atoms with Gasteiger partial charge in [0.1, 0.15) is 0 Å². The number of nitrogens with zero attached hydrogens (tertiary/aromatic N) is 1. The quantitative estimate of drug-likeness (QED) is 0.640. The SMILES string of the molecule is Cc1sc(NC(=O)c2cccs2)nc1-c1ccc(Cl)cc1Cl. The highest BCUT2D eigenvalue weighted by molar-refractivity contribution is 7.16. The van der Waals surface area contributed by atoms with Crippen LogP contribution in [0.3, 0.4) is 0 Å². The highest BCUT2D eigenvalue weighted by Gasteiger charge is 2.15. The molecule has 2 heterocycles. The van der Waals surface area contributed by atoms with E-state index in [1.165, 1.54) is 22.7 Å². The Kier molecular flexibility index (Phi) is 4.49. The maximum atomic E-state index is 12.1.